The molecule has 182 valence electrons. The van der Waals surface area contributed by atoms with E-state index in [0.717, 1.165) is 19.3 Å². The number of amides is 2. The summed E-state index contributed by atoms with van der Waals surface area (Å²) in [7, 11) is 1.64. The minimum atomic E-state index is -0.310. The number of hydrogen-bond donors (Lipinski definition) is 3. The van der Waals surface area contributed by atoms with Gasteiger partial charge in [-0.3, -0.25) is 9.59 Å². The first-order valence-corrected chi connectivity index (χ1v) is 12.8. The van der Waals surface area contributed by atoms with Crippen LogP contribution in [0.1, 0.15) is 117 Å². The minimum Gasteiger partial charge on any atom is -0.376 e. The summed E-state index contributed by atoms with van der Waals surface area (Å²) in [6.07, 6.45) is 18.3. The van der Waals surface area contributed by atoms with E-state index in [0.29, 0.717) is 24.6 Å². The standard InChI is InChI=1S/C26H51N3O2/c1-6-7-8-9-10-11-12-13-14-15-16-17-18-19-25(30)28-21-23(4)29-24(20-22(2)3)26(31)27-5/h22,24,29H,4,6-21H2,1-3,5H3,(H,27,31)(H,28,30). The summed E-state index contributed by atoms with van der Waals surface area (Å²) in [5.41, 5.74) is 0.674. The Morgan fingerprint density at radius 2 is 1.29 bits per heavy atom. The summed E-state index contributed by atoms with van der Waals surface area (Å²) in [6.45, 7) is 10.7. The van der Waals surface area contributed by atoms with Crippen LogP contribution < -0.4 is 16.0 Å². The maximum atomic E-state index is 12.0. The van der Waals surface area contributed by atoms with Crippen LogP contribution in [0, 0.1) is 5.92 Å². The van der Waals surface area contributed by atoms with Crippen molar-refractivity contribution in [3.63, 3.8) is 0 Å². The molecule has 3 N–H and O–H groups in total. The molecule has 1 unspecified atom stereocenters. The highest BCUT2D eigenvalue weighted by molar-refractivity contribution is 5.81. The first-order valence-electron chi connectivity index (χ1n) is 12.8. The molecule has 0 rings (SSSR count). The summed E-state index contributed by atoms with van der Waals surface area (Å²) in [4.78, 5) is 24.0. The van der Waals surface area contributed by atoms with Crippen molar-refractivity contribution in [2.75, 3.05) is 13.6 Å². The average Bonchev–Trinajstić information content (AvgIpc) is 2.74. The average molecular weight is 438 g/mol. The van der Waals surface area contributed by atoms with E-state index in [2.05, 4.69) is 43.3 Å². The lowest BCUT2D eigenvalue weighted by Crippen LogP contribution is -2.44. The van der Waals surface area contributed by atoms with E-state index in [-0.39, 0.29) is 17.9 Å². The molecule has 0 saturated carbocycles. The zero-order valence-corrected chi connectivity index (χ0v) is 21.0. The summed E-state index contributed by atoms with van der Waals surface area (Å²) in [5, 5.41) is 8.74. The van der Waals surface area contributed by atoms with Gasteiger partial charge in [-0.15, -0.1) is 0 Å². The third kappa shape index (κ3) is 18.9. The lowest BCUT2D eigenvalue weighted by atomic mass is 10.0. The van der Waals surface area contributed by atoms with Crippen LogP contribution in [-0.4, -0.2) is 31.4 Å². The minimum absolute atomic E-state index is 0.0480. The third-order valence-electron chi connectivity index (χ3n) is 5.65. The van der Waals surface area contributed by atoms with Crippen molar-refractivity contribution in [2.45, 2.75) is 123 Å². The van der Waals surface area contributed by atoms with Gasteiger partial charge in [-0.1, -0.05) is 104 Å². The van der Waals surface area contributed by atoms with Crippen LogP contribution in [-0.2, 0) is 9.59 Å². The number of nitrogens with one attached hydrogen (secondary N) is 3. The van der Waals surface area contributed by atoms with Gasteiger partial charge in [-0.2, -0.15) is 0 Å². The quantitative estimate of drug-likeness (QED) is 0.197. The third-order valence-corrected chi connectivity index (χ3v) is 5.65. The van der Waals surface area contributed by atoms with Crippen molar-refractivity contribution in [1.82, 2.24) is 16.0 Å². The van der Waals surface area contributed by atoms with E-state index >= 15 is 0 Å². The van der Waals surface area contributed by atoms with E-state index in [9.17, 15) is 9.59 Å². The molecule has 0 fully saturated rings. The molecule has 2 amide bonds. The zero-order chi connectivity index (χ0) is 23.3. The largest absolute Gasteiger partial charge is 0.376 e. The van der Waals surface area contributed by atoms with Gasteiger partial charge in [0.15, 0.2) is 0 Å². The topological polar surface area (TPSA) is 70.2 Å². The first-order chi connectivity index (χ1) is 14.9. The SMILES string of the molecule is C=C(CNC(=O)CCCCCCCCCCCCCCC)NC(CC(C)C)C(=O)NC. The van der Waals surface area contributed by atoms with Crippen LogP contribution in [0.15, 0.2) is 12.3 Å². The summed E-state index contributed by atoms with van der Waals surface area (Å²) >= 11 is 0. The van der Waals surface area contributed by atoms with Gasteiger partial charge < -0.3 is 16.0 Å². The second-order valence-corrected chi connectivity index (χ2v) is 9.31. The molecule has 0 aliphatic heterocycles. The lowest BCUT2D eigenvalue weighted by Gasteiger charge is -2.21. The highest BCUT2D eigenvalue weighted by Gasteiger charge is 2.18. The number of hydrogen-bond acceptors (Lipinski definition) is 3. The Morgan fingerprint density at radius 3 is 1.74 bits per heavy atom. The summed E-state index contributed by atoms with van der Waals surface area (Å²) in [6, 6.07) is -0.310. The fraction of sp³-hybridized carbons (Fsp3) is 0.846. The van der Waals surface area contributed by atoms with E-state index in [1.54, 1.807) is 7.05 Å². The molecule has 0 aromatic carbocycles. The summed E-state index contributed by atoms with van der Waals surface area (Å²) in [5.74, 6) is 0.410. The van der Waals surface area contributed by atoms with E-state index in [1.807, 2.05) is 0 Å². The van der Waals surface area contributed by atoms with Crippen molar-refractivity contribution < 1.29 is 9.59 Å². The molecule has 1 atom stereocenters. The van der Waals surface area contributed by atoms with Gasteiger partial charge in [0, 0.05) is 19.2 Å². The van der Waals surface area contributed by atoms with Gasteiger partial charge >= 0.3 is 0 Å². The number of unbranched alkanes of at least 4 members (excludes halogenated alkanes) is 12. The van der Waals surface area contributed by atoms with Crippen LogP contribution in [0.2, 0.25) is 0 Å². The Balaban J connectivity index is 3.64. The molecule has 0 radical (unpaired) electrons. The molecule has 31 heavy (non-hydrogen) atoms. The maximum Gasteiger partial charge on any atom is 0.242 e. The molecule has 0 aromatic heterocycles. The highest BCUT2D eigenvalue weighted by Crippen LogP contribution is 2.13. The normalized spacial score (nSPS) is 11.9. The second-order valence-electron chi connectivity index (χ2n) is 9.31. The fourth-order valence-electron chi connectivity index (χ4n) is 3.77. The molecule has 0 aliphatic rings. The van der Waals surface area contributed by atoms with Crippen molar-refractivity contribution in [3.8, 4) is 0 Å². The maximum absolute atomic E-state index is 12.0. The Hall–Kier alpha value is -1.52. The molecular weight excluding hydrogens is 386 g/mol. The molecule has 0 aromatic rings. The lowest BCUT2D eigenvalue weighted by molar-refractivity contribution is -0.122. The summed E-state index contributed by atoms with van der Waals surface area (Å²) < 4.78 is 0. The second kappa shape index (κ2) is 20.4. The van der Waals surface area contributed by atoms with Crippen LogP contribution >= 0.6 is 0 Å². The molecule has 5 nitrogen and oxygen atoms in total. The highest BCUT2D eigenvalue weighted by atomic mass is 16.2. The van der Waals surface area contributed by atoms with Crippen LogP contribution in [0.5, 0.6) is 0 Å². The molecule has 0 spiro atoms. The van der Waals surface area contributed by atoms with Gasteiger partial charge in [0.25, 0.3) is 0 Å². The Morgan fingerprint density at radius 1 is 0.806 bits per heavy atom. The van der Waals surface area contributed by atoms with E-state index in [4.69, 9.17) is 0 Å². The monoisotopic (exact) mass is 437 g/mol. The zero-order valence-electron chi connectivity index (χ0n) is 21.0. The fourth-order valence-corrected chi connectivity index (χ4v) is 3.77. The van der Waals surface area contributed by atoms with Crippen molar-refractivity contribution in [1.29, 1.82) is 0 Å². The number of carbonyl (C=O) groups excluding carboxylic acids is 2. The predicted octanol–water partition coefficient (Wildman–Crippen LogP) is 5.85. The van der Waals surface area contributed by atoms with E-state index in [1.165, 1.54) is 70.6 Å². The Bertz CT molecular complexity index is 477. The van der Waals surface area contributed by atoms with Crippen molar-refractivity contribution >= 4 is 11.8 Å². The molecule has 0 heterocycles. The van der Waals surface area contributed by atoms with Crippen molar-refractivity contribution in [2.24, 2.45) is 5.92 Å². The first kappa shape index (κ1) is 29.5. The molecule has 5 heteroatoms. The number of likely N-dealkylation sites (N-methyl/N-ethyl adjacent to an activating group) is 1. The van der Waals surface area contributed by atoms with E-state index < -0.39 is 0 Å². The molecule has 0 saturated heterocycles. The van der Waals surface area contributed by atoms with Gasteiger partial charge in [-0.05, 0) is 18.8 Å². The molecular formula is C26H51N3O2. The number of carbonyl (C=O) groups is 2. The van der Waals surface area contributed by atoms with Crippen LogP contribution in [0.4, 0.5) is 0 Å². The van der Waals surface area contributed by atoms with Crippen LogP contribution in [0.25, 0.3) is 0 Å². The van der Waals surface area contributed by atoms with Gasteiger partial charge in [0.2, 0.25) is 11.8 Å². The molecule has 0 bridgehead atoms. The Labute approximate surface area is 192 Å². The van der Waals surface area contributed by atoms with Gasteiger partial charge in [-0.25, -0.2) is 0 Å². The van der Waals surface area contributed by atoms with Gasteiger partial charge in [0.05, 0.1) is 6.54 Å². The van der Waals surface area contributed by atoms with Crippen LogP contribution in [0.3, 0.4) is 0 Å². The smallest absolute Gasteiger partial charge is 0.242 e. The predicted molar refractivity (Wildman–Crippen MR) is 133 cm³/mol. The molecule has 0 aliphatic carbocycles. The van der Waals surface area contributed by atoms with Crippen molar-refractivity contribution in [3.05, 3.63) is 12.3 Å². The Kier molecular flexibility index (Phi) is 19.4. The number of rotatable bonds is 21. The van der Waals surface area contributed by atoms with Gasteiger partial charge in [0.1, 0.15) is 6.04 Å².